The number of aromatic amines is 1. The lowest BCUT2D eigenvalue weighted by Crippen LogP contribution is -2.25. The molecule has 0 aliphatic rings. The quantitative estimate of drug-likeness (QED) is 0.509. The van der Waals surface area contributed by atoms with Crippen LogP contribution in [0.4, 0.5) is 11.4 Å². The first kappa shape index (κ1) is 18.1. The number of nitro benzene ring substituents is 2. The van der Waals surface area contributed by atoms with Gasteiger partial charge in [0.2, 0.25) is 0 Å². The van der Waals surface area contributed by atoms with Crippen molar-refractivity contribution in [3.63, 3.8) is 0 Å². The summed E-state index contributed by atoms with van der Waals surface area (Å²) in [4.78, 5) is 35.7. The van der Waals surface area contributed by atoms with E-state index in [0.29, 0.717) is 6.42 Å². The number of nitrogens with zero attached hydrogens (tertiary/aromatic N) is 2. The van der Waals surface area contributed by atoms with Crippen molar-refractivity contribution in [2.45, 2.75) is 13.3 Å². The van der Waals surface area contributed by atoms with E-state index in [1.807, 2.05) is 31.3 Å². The van der Waals surface area contributed by atoms with E-state index in [4.69, 9.17) is 0 Å². The third-order valence-corrected chi connectivity index (χ3v) is 4.19. The van der Waals surface area contributed by atoms with Gasteiger partial charge in [-0.25, -0.2) is 0 Å². The van der Waals surface area contributed by atoms with E-state index in [9.17, 15) is 25.0 Å². The third kappa shape index (κ3) is 3.92. The number of carbonyl (C=O) groups is 1. The molecular formula is C18H16N4O5. The van der Waals surface area contributed by atoms with Crippen molar-refractivity contribution < 1.29 is 14.6 Å². The summed E-state index contributed by atoms with van der Waals surface area (Å²) in [6, 6.07) is 8.90. The van der Waals surface area contributed by atoms with E-state index in [1.165, 1.54) is 0 Å². The number of amides is 1. The van der Waals surface area contributed by atoms with Crippen molar-refractivity contribution in [2.75, 3.05) is 6.54 Å². The van der Waals surface area contributed by atoms with Crippen LogP contribution in [0.1, 0.15) is 21.5 Å². The summed E-state index contributed by atoms with van der Waals surface area (Å²) in [5, 5.41) is 25.6. The van der Waals surface area contributed by atoms with E-state index >= 15 is 0 Å². The second-order valence-electron chi connectivity index (χ2n) is 6.12. The minimum atomic E-state index is -0.766. The largest absolute Gasteiger partial charge is 0.361 e. The maximum atomic E-state index is 12.3. The number of hydrogen-bond acceptors (Lipinski definition) is 5. The summed E-state index contributed by atoms with van der Waals surface area (Å²) in [6.07, 6.45) is 2.42. The number of rotatable bonds is 6. The molecule has 138 valence electrons. The van der Waals surface area contributed by atoms with Crippen LogP contribution in [0.3, 0.4) is 0 Å². The molecule has 9 heteroatoms. The van der Waals surface area contributed by atoms with Crippen LogP contribution in [-0.4, -0.2) is 27.3 Å². The summed E-state index contributed by atoms with van der Waals surface area (Å²) < 4.78 is 0. The normalized spacial score (nSPS) is 10.7. The highest BCUT2D eigenvalue weighted by Crippen LogP contribution is 2.23. The maximum Gasteiger partial charge on any atom is 0.277 e. The molecule has 0 aliphatic heterocycles. The SMILES string of the molecule is Cc1ccc2[nH]cc(CCNC(=O)c3cc([N+](=O)[O-])cc([N+](=O)[O-])c3)c2c1. The van der Waals surface area contributed by atoms with Crippen LogP contribution in [0, 0.1) is 27.2 Å². The standard InChI is InChI=1S/C18H16N4O5/c1-11-2-3-17-16(6-11)12(10-20-17)4-5-19-18(23)13-7-14(21(24)25)9-15(8-13)22(26)27/h2-3,6-10,20H,4-5H2,1H3,(H,19,23). The van der Waals surface area contributed by atoms with Gasteiger partial charge < -0.3 is 10.3 Å². The van der Waals surface area contributed by atoms with Gasteiger partial charge in [0.05, 0.1) is 21.5 Å². The fraction of sp³-hybridized carbons (Fsp3) is 0.167. The number of nitrogens with one attached hydrogen (secondary N) is 2. The molecule has 1 heterocycles. The van der Waals surface area contributed by atoms with E-state index in [1.54, 1.807) is 0 Å². The molecule has 0 saturated carbocycles. The first-order valence-electron chi connectivity index (χ1n) is 8.14. The molecule has 0 bridgehead atoms. The fourth-order valence-corrected chi connectivity index (χ4v) is 2.85. The molecule has 27 heavy (non-hydrogen) atoms. The lowest BCUT2D eigenvalue weighted by molar-refractivity contribution is -0.394. The number of aromatic nitrogens is 1. The molecule has 3 aromatic rings. The average Bonchev–Trinajstić information content (AvgIpc) is 3.03. The van der Waals surface area contributed by atoms with Gasteiger partial charge in [0.1, 0.15) is 0 Å². The molecule has 1 aromatic heterocycles. The van der Waals surface area contributed by atoms with E-state index in [0.717, 1.165) is 40.2 Å². The maximum absolute atomic E-state index is 12.3. The zero-order valence-electron chi connectivity index (χ0n) is 14.4. The Hall–Kier alpha value is -3.75. The van der Waals surface area contributed by atoms with Gasteiger partial charge in [-0.1, -0.05) is 11.6 Å². The minimum Gasteiger partial charge on any atom is -0.361 e. The summed E-state index contributed by atoms with van der Waals surface area (Å²) >= 11 is 0. The topological polar surface area (TPSA) is 131 Å². The number of non-ortho nitro benzene ring substituents is 2. The smallest absolute Gasteiger partial charge is 0.277 e. The number of aryl methyl sites for hydroxylation is 1. The van der Waals surface area contributed by atoms with Gasteiger partial charge in [0, 0.05) is 35.8 Å². The molecule has 0 saturated heterocycles. The average molecular weight is 368 g/mol. The van der Waals surface area contributed by atoms with Crippen molar-refractivity contribution >= 4 is 28.2 Å². The molecule has 0 atom stereocenters. The summed E-state index contributed by atoms with van der Waals surface area (Å²) in [7, 11) is 0. The number of hydrogen-bond donors (Lipinski definition) is 2. The Labute approximate surface area is 153 Å². The van der Waals surface area contributed by atoms with Gasteiger partial charge in [0.25, 0.3) is 17.3 Å². The molecule has 2 aromatic carbocycles. The Morgan fingerprint density at radius 3 is 2.37 bits per heavy atom. The molecule has 2 N–H and O–H groups in total. The zero-order chi connectivity index (χ0) is 19.6. The van der Waals surface area contributed by atoms with Crippen LogP contribution in [0.5, 0.6) is 0 Å². The fourth-order valence-electron chi connectivity index (χ4n) is 2.85. The summed E-state index contributed by atoms with van der Waals surface area (Å²) in [5.74, 6) is -0.599. The molecule has 0 unspecified atom stereocenters. The molecule has 0 aliphatic carbocycles. The Morgan fingerprint density at radius 1 is 1.07 bits per heavy atom. The second kappa shape index (κ2) is 7.24. The number of H-pyrrole nitrogens is 1. The number of benzene rings is 2. The zero-order valence-corrected chi connectivity index (χ0v) is 14.4. The Balaban J connectivity index is 1.73. The molecule has 0 radical (unpaired) electrons. The molecule has 3 rings (SSSR count). The van der Waals surface area contributed by atoms with Crippen LogP contribution in [-0.2, 0) is 6.42 Å². The monoisotopic (exact) mass is 368 g/mol. The van der Waals surface area contributed by atoms with Crippen LogP contribution in [0.25, 0.3) is 10.9 Å². The van der Waals surface area contributed by atoms with Gasteiger partial charge in [-0.3, -0.25) is 25.0 Å². The van der Waals surface area contributed by atoms with Crippen molar-refractivity contribution in [1.82, 2.24) is 10.3 Å². The lowest BCUT2D eigenvalue weighted by atomic mass is 10.1. The van der Waals surface area contributed by atoms with Gasteiger partial charge >= 0.3 is 0 Å². The first-order chi connectivity index (χ1) is 12.8. The van der Waals surface area contributed by atoms with Crippen LogP contribution >= 0.6 is 0 Å². The lowest BCUT2D eigenvalue weighted by Gasteiger charge is -2.05. The highest BCUT2D eigenvalue weighted by Gasteiger charge is 2.19. The summed E-state index contributed by atoms with van der Waals surface area (Å²) in [5.41, 5.74) is 2.03. The summed E-state index contributed by atoms with van der Waals surface area (Å²) in [6.45, 7) is 2.28. The Morgan fingerprint density at radius 2 is 1.74 bits per heavy atom. The third-order valence-electron chi connectivity index (χ3n) is 4.19. The van der Waals surface area contributed by atoms with Crippen molar-refractivity contribution in [3.8, 4) is 0 Å². The number of fused-ring (bicyclic) bond motifs is 1. The van der Waals surface area contributed by atoms with Gasteiger partial charge in [-0.05, 0) is 31.0 Å². The molecule has 9 nitrogen and oxygen atoms in total. The van der Waals surface area contributed by atoms with Gasteiger partial charge in [-0.2, -0.15) is 0 Å². The predicted octanol–water partition coefficient (Wildman–Crippen LogP) is 3.27. The number of nitro groups is 2. The van der Waals surface area contributed by atoms with Crippen LogP contribution < -0.4 is 5.32 Å². The molecule has 1 amide bonds. The van der Waals surface area contributed by atoms with Gasteiger partial charge in [-0.15, -0.1) is 0 Å². The molecule has 0 fully saturated rings. The second-order valence-corrected chi connectivity index (χ2v) is 6.12. The molecular weight excluding hydrogens is 352 g/mol. The molecule has 0 spiro atoms. The van der Waals surface area contributed by atoms with E-state index < -0.39 is 27.1 Å². The van der Waals surface area contributed by atoms with Crippen LogP contribution in [0.2, 0.25) is 0 Å². The van der Waals surface area contributed by atoms with E-state index in [-0.39, 0.29) is 12.1 Å². The highest BCUT2D eigenvalue weighted by atomic mass is 16.6. The van der Waals surface area contributed by atoms with Crippen LogP contribution in [0.15, 0.2) is 42.6 Å². The Bertz CT molecular complexity index is 1020. The first-order valence-corrected chi connectivity index (χ1v) is 8.14. The minimum absolute atomic E-state index is 0.120. The predicted molar refractivity (Wildman–Crippen MR) is 98.8 cm³/mol. The Kier molecular flexibility index (Phi) is 4.84. The van der Waals surface area contributed by atoms with Crippen molar-refractivity contribution in [1.29, 1.82) is 0 Å². The van der Waals surface area contributed by atoms with Gasteiger partial charge in [0.15, 0.2) is 0 Å². The number of carbonyl (C=O) groups excluding carboxylic acids is 1. The highest BCUT2D eigenvalue weighted by molar-refractivity contribution is 5.95. The van der Waals surface area contributed by atoms with Crippen molar-refractivity contribution in [3.05, 3.63) is 79.5 Å². The van der Waals surface area contributed by atoms with Crippen molar-refractivity contribution in [2.24, 2.45) is 0 Å². The van der Waals surface area contributed by atoms with E-state index in [2.05, 4.69) is 10.3 Å².